The fourth-order valence-electron chi connectivity index (χ4n) is 4.08. The van der Waals surface area contributed by atoms with E-state index in [4.69, 9.17) is 16.3 Å². The minimum atomic E-state index is -0.362. The number of ether oxygens (including phenoxy) is 1. The van der Waals surface area contributed by atoms with Crippen molar-refractivity contribution in [2.75, 3.05) is 13.2 Å². The van der Waals surface area contributed by atoms with Gasteiger partial charge >= 0.3 is 5.69 Å². The summed E-state index contributed by atoms with van der Waals surface area (Å²) < 4.78 is 21.7. The normalized spacial score (nSPS) is 14.3. The minimum Gasteiger partial charge on any atom is -0.490 e. The molecule has 2 aromatic carbocycles. The number of benzene rings is 2. The van der Waals surface area contributed by atoms with Gasteiger partial charge in [-0.2, -0.15) is 0 Å². The number of halogens is 2. The molecule has 158 valence electrons. The van der Waals surface area contributed by atoms with Gasteiger partial charge in [-0.3, -0.25) is 4.90 Å². The lowest BCUT2D eigenvalue weighted by molar-refractivity contribution is 0.219. The third-order valence-electron chi connectivity index (χ3n) is 5.53. The molecule has 1 N–H and O–H groups in total. The van der Waals surface area contributed by atoms with Gasteiger partial charge in [-0.15, -0.1) is 0 Å². The SMILES string of the molecule is Cc1cn(-c2cc(Cl)c3c(c2)CN(Cc2cnc(=O)[nH]c2)CCO3)c2ccc(F)cc12. The molecule has 3 heterocycles. The highest BCUT2D eigenvalue weighted by molar-refractivity contribution is 6.32. The Morgan fingerprint density at radius 2 is 2.16 bits per heavy atom. The van der Waals surface area contributed by atoms with Crippen LogP contribution in [0.2, 0.25) is 5.02 Å². The summed E-state index contributed by atoms with van der Waals surface area (Å²) in [5.41, 5.74) is 4.33. The molecule has 8 heteroatoms. The Bertz CT molecular complexity index is 1330. The predicted molar refractivity (Wildman–Crippen MR) is 117 cm³/mol. The van der Waals surface area contributed by atoms with Gasteiger partial charge in [0.05, 0.1) is 10.5 Å². The highest BCUT2D eigenvalue weighted by Gasteiger charge is 2.20. The second-order valence-corrected chi connectivity index (χ2v) is 8.15. The van der Waals surface area contributed by atoms with Crippen LogP contribution < -0.4 is 10.4 Å². The molecule has 1 aliphatic rings. The molecule has 0 saturated carbocycles. The third-order valence-corrected chi connectivity index (χ3v) is 5.81. The zero-order valence-electron chi connectivity index (χ0n) is 16.9. The molecule has 31 heavy (non-hydrogen) atoms. The Kier molecular flexibility index (Phi) is 5.00. The maximum absolute atomic E-state index is 13.7. The predicted octanol–water partition coefficient (Wildman–Crippen LogP) is 4.21. The fourth-order valence-corrected chi connectivity index (χ4v) is 4.37. The number of rotatable bonds is 3. The summed E-state index contributed by atoms with van der Waals surface area (Å²) in [6, 6.07) is 8.74. The van der Waals surface area contributed by atoms with Crippen molar-refractivity contribution in [3.05, 3.63) is 86.9 Å². The summed E-state index contributed by atoms with van der Waals surface area (Å²) >= 11 is 6.61. The maximum Gasteiger partial charge on any atom is 0.344 e. The summed E-state index contributed by atoms with van der Waals surface area (Å²) in [7, 11) is 0. The van der Waals surface area contributed by atoms with Crippen LogP contribution in [0.4, 0.5) is 4.39 Å². The van der Waals surface area contributed by atoms with Crippen molar-refractivity contribution in [2.24, 2.45) is 0 Å². The summed E-state index contributed by atoms with van der Waals surface area (Å²) in [4.78, 5) is 19.8. The lowest BCUT2D eigenvalue weighted by Crippen LogP contribution is -2.26. The summed E-state index contributed by atoms with van der Waals surface area (Å²) in [6.07, 6.45) is 5.26. The molecule has 6 nitrogen and oxygen atoms in total. The van der Waals surface area contributed by atoms with Gasteiger partial charge in [0.15, 0.2) is 0 Å². The highest BCUT2D eigenvalue weighted by atomic mass is 35.5. The van der Waals surface area contributed by atoms with Gasteiger partial charge < -0.3 is 14.3 Å². The molecule has 0 aliphatic carbocycles. The van der Waals surface area contributed by atoms with E-state index < -0.39 is 0 Å². The Morgan fingerprint density at radius 1 is 1.29 bits per heavy atom. The number of nitrogens with zero attached hydrogens (tertiary/aromatic N) is 3. The molecule has 0 saturated heterocycles. The van der Waals surface area contributed by atoms with Crippen molar-refractivity contribution in [2.45, 2.75) is 20.0 Å². The number of fused-ring (bicyclic) bond motifs is 2. The van der Waals surface area contributed by atoms with E-state index in [1.54, 1.807) is 24.5 Å². The molecule has 0 amide bonds. The van der Waals surface area contributed by atoms with Gasteiger partial charge in [0.25, 0.3) is 0 Å². The Labute approximate surface area is 182 Å². The molecule has 0 fully saturated rings. The second kappa shape index (κ2) is 7.83. The first-order valence-corrected chi connectivity index (χ1v) is 10.3. The monoisotopic (exact) mass is 438 g/mol. The summed E-state index contributed by atoms with van der Waals surface area (Å²) in [5.74, 6) is 0.431. The van der Waals surface area contributed by atoms with Crippen LogP contribution in [0.25, 0.3) is 16.6 Å². The molecule has 0 atom stereocenters. The molecular formula is C23H20ClFN4O2. The minimum absolute atomic E-state index is 0.255. The van der Waals surface area contributed by atoms with Crippen molar-refractivity contribution in [3.63, 3.8) is 0 Å². The topological polar surface area (TPSA) is 63.2 Å². The number of aromatic nitrogens is 3. The molecule has 2 aromatic heterocycles. The molecule has 0 unspecified atom stereocenters. The van der Waals surface area contributed by atoms with Crippen LogP contribution in [0.3, 0.4) is 0 Å². The molecule has 4 aromatic rings. The molecule has 0 radical (unpaired) electrons. The van der Waals surface area contributed by atoms with E-state index in [-0.39, 0.29) is 11.5 Å². The Morgan fingerprint density at radius 3 is 2.97 bits per heavy atom. The van der Waals surface area contributed by atoms with Gasteiger partial charge in [-0.25, -0.2) is 14.2 Å². The quantitative estimate of drug-likeness (QED) is 0.520. The van der Waals surface area contributed by atoms with Crippen molar-refractivity contribution in [1.82, 2.24) is 19.4 Å². The first-order valence-electron chi connectivity index (χ1n) is 9.97. The number of aromatic amines is 1. The lowest BCUT2D eigenvalue weighted by atomic mass is 10.1. The number of nitrogens with one attached hydrogen (secondary N) is 1. The maximum atomic E-state index is 13.7. The zero-order valence-corrected chi connectivity index (χ0v) is 17.6. The summed E-state index contributed by atoms with van der Waals surface area (Å²) in [6.45, 7) is 4.44. The van der Waals surface area contributed by atoms with E-state index in [1.165, 1.54) is 6.07 Å². The number of hydrogen-bond donors (Lipinski definition) is 1. The van der Waals surface area contributed by atoms with Crippen LogP contribution in [0, 0.1) is 12.7 Å². The summed E-state index contributed by atoms with van der Waals surface area (Å²) in [5, 5.41) is 1.41. The fraction of sp³-hybridized carbons (Fsp3) is 0.217. The average Bonchev–Trinajstić information content (AvgIpc) is 2.93. The van der Waals surface area contributed by atoms with Crippen molar-refractivity contribution in [3.8, 4) is 11.4 Å². The molecule has 1 aliphatic heterocycles. The van der Waals surface area contributed by atoms with Gasteiger partial charge in [0.1, 0.15) is 18.2 Å². The van der Waals surface area contributed by atoms with Crippen LogP contribution in [0.15, 0.2) is 53.7 Å². The van der Waals surface area contributed by atoms with Gasteiger partial charge in [-0.1, -0.05) is 11.6 Å². The first kappa shape index (κ1) is 19.8. The molecule has 5 rings (SSSR count). The molecular weight excluding hydrogens is 419 g/mol. The van der Waals surface area contributed by atoms with Crippen LogP contribution in [0.5, 0.6) is 5.75 Å². The third kappa shape index (κ3) is 3.82. The van der Waals surface area contributed by atoms with Crippen LogP contribution >= 0.6 is 11.6 Å². The van der Waals surface area contributed by atoms with Crippen molar-refractivity contribution < 1.29 is 9.13 Å². The lowest BCUT2D eigenvalue weighted by Gasteiger charge is -2.19. The van der Waals surface area contributed by atoms with E-state index in [9.17, 15) is 9.18 Å². The number of hydrogen-bond acceptors (Lipinski definition) is 4. The highest BCUT2D eigenvalue weighted by Crippen LogP contribution is 2.36. The zero-order chi connectivity index (χ0) is 21.5. The molecule has 0 bridgehead atoms. The average molecular weight is 439 g/mol. The van der Waals surface area contributed by atoms with E-state index in [1.807, 2.05) is 23.8 Å². The molecule has 0 spiro atoms. The Balaban J connectivity index is 1.52. The van der Waals surface area contributed by atoms with Crippen LogP contribution in [0.1, 0.15) is 16.7 Å². The van der Waals surface area contributed by atoms with Gasteiger partial charge in [0, 0.05) is 60.4 Å². The Hall–Kier alpha value is -3.16. The van der Waals surface area contributed by atoms with E-state index in [2.05, 4.69) is 20.9 Å². The standard InChI is InChI=1S/C23H20ClFN4O2/c1-14-11-29(21-3-2-17(25)7-19(14)21)18-6-16-13-28(4-5-31-22(16)20(24)8-18)12-15-9-26-23(30)27-10-15/h2-3,6-11H,4-5,12-13H2,1H3,(H,26,27,30). The second-order valence-electron chi connectivity index (χ2n) is 7.75. The van der Waals surface area contributed by atoms with E-state index in [0.29, 0.717) is 37.0 Å². The number of aryl methyl sites for hydroxylation is 1. The van der Waals surface area contributed by atoms with Gasteiger partial charge in [-0.05, 0) is 42.8 Å². The largest absolute Gasteiger partial charge is 0.490 e. The van der Waals surface area contributed by atoms with Crippen LogP contribution in [-0.4, -0.2) is 32.6 Å². The van der Waals surface area contributed by atoms with Crippen molar-refractivity contribution in [1.29, 1.82) is 0 Å². The number of H-pyrrole nitrogens is 1. The van der Waals surface area contributed by atoms with E-state index >= 15 is 0 Å². The van der Waals surface area contributed by atoms with E-state index in [0.717, 1.165) is 33.3 Å². The van der Waals surface area contributed by atoms with Crippen LogP contribution in [-0.2, 0) is 13.1 Å². The van der Waals surface area contributed by atoms with Crippen molar-refractivity contribution >= 4 is 22.5 Å². The first-order chi connectivity index (χ1) is 15.0. The smallest absolute Gasteiger partial charge is 0.344 e. The van der Waals surface area contributed by atoms with Gasteiger partial charge in [0.2, 0.25) is 0 Å².